The quantitative estimate of drug-likeness (QED) is 0.670. The second-order valence-electron chi connectivity index (χ2n) is 4.43. The molecule has 0 aliphatic rings. The lowest BCUT2D eigenvalue weighted by Gasteiger charge is -2.21. The van der Waals surface area contributed by atoms with Crippen molar-refractivity contribution >= 4 is 38.5 Å². The van der Waals surface area contributed by atoms with Crippen LogP contribution in [0.1, 0.15) is 24.1 Å². The summed E-state index contributed by atoms with van der Waals surface area (Å²) in [5.74, 6) is 0.860. The summed E-state index contributed by atoms with van der Waals surface area (Å²) in [6.07, 6.45) is 0. The van der Waals surface area contributed by atoms with Gasteiger partial charge in [0, 0.05) is 8.04 Å². The predicted molar refractivity (Wildman–Crippen MR) is 95.4 cm³/mol. The van der Waals surface area contributed by atoms with Gasteiger partial charge in [0.05, 0.1) is 13.2 Å². The summed E-state index contributed by atoms with van der Waals surface area (Å²) in [6.45, 7) is 3.03. The van der Waals surface area contributed by atoms with Crippen molar-refractivity contribution in [2.45, 2.75) is 13.0 Å². The number of methoxy groups -OCH3 is 1. The van der Waals surface area contributed by atoms with E-state index in [1.807, 2.05) is 12.1 Å². The Morgan fingerprint density at radius 2 is 1.90 bits per heavy atom. The Hall–Kier alpha value is -0.590. The Bertz CT molecular complexity index is 571. The van der Waals surface area contributed by atoms with Gasteiger partial charge < -0.3 is 10.1 Å². The van der Waals surface area contributed by atoms with E-state index in [0.717, 1.165) is 16.8 Å². The molecule has 0 aromatic heterocycles. The topological polar surface area (TPSA) is 21.3 Å². The smallest absolute Gasteiger partial charge is 0.120 e. The van der Waals surface area contributed by atoms with Crippen molar-refractivity contribution in [2.75, 3.05) is 13.7 Å². The van der Waals surface area contributed by atoms with Crippen molar-refractivity contribution in [3.8, 4) is 5.75 Å². The predicted octanol–water partition coefficient (Wildman–Crippen LogP) is 4.76. The third-order valence-corrected chi connectivity index (χ3v) is 4.54. The number of rotatable bonds is 5. The fourth-order valence-corrected chi connectivity index (χ4v) is 3.08. The molecule has 0 saturated heterocycles. The minimum atomic E-state index is 0.178. The molecule has 0 aliphatic heterocycles. The average molecular weight is 446 g/mol. The van der Waals surface area contributed by atoms with Gasteiger partial charge in [-0.3, -0.25) is 0 Å². The van der Waals surface area contributed by atoms with Gasteiger partial charge in [-0.05, 0) is 64.5 Å². The molecule has 106 valence electrons. The molecule has 2 aromatic rings. The molecule has 0 bridgehead atoms. The molecule has 20 heavy (non-hydrogen) atoms. The van der Waals surface area contributed by atoms with E-state index in [4.69, 9.17) is 4.74 Å². The van der Waals surface area contributed by atoms with Crippen LogP contribution in [0, 0.1) is 3.57 Å². The Labute approximate surface area is 142 Å². The van der Waals surface area contributed by atoms with E-state index in [9.17, 15) is 0 Å². The zero-order chi connectivity index (χ0) is 14.5. The normalized spacial score (nSPS) is 12.2. The van der Waals surface area contributed by atoms with Crippen LogP contribution in [-0.4, -0.2) is 13.7 Å². The standard InChI is InChI=1S/C16H17BrINO/c1-3-19-16(11-4-6-12(18)7-5-11)14-9-8-13(20-2)10-15(14)17/h4-10,16,19H,3H2,1-2H3. The molecule has 0 amide bonds. The molecular formula is C16H17BrINO. The Kier molecular flexibility index (Phi) is 5.86. The lowest BCUT2D eigenvalue weighted by atomic mass is 9.98. The highest BCUT2D eigenvalue weighted by molar-refractivity contribution is 14.1. The summed E-state index contributed by atoms with van der Waals surface area (Å²) in [7, 11) is 1.68. The molecule has 0 fully saturated rings. The first-order valence-corrected chi connectivity index (χ1v) is 8.35. The number of halogens is 2. The molecule has 0 heterocycles. The van der Waals surface area contributed by atoms with Crippen LogP contribution in [-0.2, 0) is 0 Å². The molecule has 0 saturated carbocycles. The zero-order valence-electron chi connectivity index (χ0n) is 11.5. The first-order valence-electron chi connectivity index (χ1n) is 6.48. The maximum absolute atomic E-state index is 5.26. The third-order valence-electron chi connectivity index (χ3n) is 3.13. The van der Waals surface area contributed by atoms with Gasteiger partial charge in [-0.15, -0.1) is 0 Å². The van der Waals surface area contributed by atoms with E-state index >= 15 is 0 Å². The van der Waals surface area contributed by atoms with Crippen molar-refractivity contribution in [3.05, 3.63) is 61.6 Å². The van der Waals surface area contributed by atoms with Gasteiger partial charge in [0.2, 0.25) is 0 Å². The highest BCUT2D eigenvalue weighted by Gasteiger charge is 2.16. The molecular weight excluding hydrogens is 429 g/mol. The molecule has 1 N–H and O–H groups in total. The van der Waals surface area contributed by atoms with Crippen molar-refractivity contribution < 1.29 is 4.74 Å². The van der Waals surface area contributed by atoms with Crippen LogP contribution in [0.3, 0.4) is 0 Å². The van der Waals surface area contributed by atoms with Gasteiger partial charge in [0.1, 0.15) is 5.75 Å². The van der Waals surface area contributed by atoms with Crippen molar-refractivity contribution in [2.24, 2.45) is 0 Å². The molecule has 1 atom stereocenters. The van der Waals surface area contributed by atoms with Gasteiger partial charge >= 0.3 is 0 Å². The van der Waals surface area contributed by atoms with E-state index in [1.54, 1.807) is 7.11 Å². The van der Waals surface area contributed by atoms with E-state index in [0.29, 0.717) is 0 Å². The van der Waals surface area contributed by atoms with Gasteiger partial charge in [-0.1, -0.05) is 41.1 Å². The minimum Gasteiger partial charge on any atom is -0.497 e. The zero-order valence-corrected chi connectivity index (χ0v) is 15.2. The van der Waals surface area contributed by atoms with Crippen molar-refractivity contribution in [3.63, 3.8) is 0 Å². The van der Waals surface area contributed by atoms with Crippen LogP contribution in [0.4, 0.5) is 0 Å². The molecule has 4 heteroatoms. The second kappa shape index (κ2) is 7.43. The molecule has 0 spiro atoms. The van der Waals surface area contributed by atoms with Crippen LogP contribution >= 0.6 is 38.5 Å². The summed E-state index contributed by atoms with van der Waals surface area (Å²) in [6, 6.07) is 14.9. The summed E-state index contributed by atoms with van der Waals surface area (Å²) in [5, 5.41) is 3.54. The van der Waals surface area contributed by atoms with E-state index in [1.165, 1.54) is 14.7 Å². The van der Waals surface area contributed by atoms with Crippen LogP contribution in [0.25, 0.3) is 0 Å². The van der Waals surface area contributed by atoms with Gasteiger partial charge in [0.15, 0.2) is 0 Å². The number of benzene rings is 2. The summed E-state index contributed by atoms with van der Waals surface area (Å²) < 4.78 is 7.56. The van der Waals surface area contributed by atoms with Crippen LogP contribution in [0.5, 0.6) is 5.75 Å². The van der Waals surface area contributed by atoms with E-state index in [-0.39, 0.29) is 6.04 Å². The summed E-state index contributed by atoms with van der Waals surface area (Å²) >= 11 is 5.97. The van der Waals surface area contributed by atoms with E-state index in [2.05, 4.69) is 81.1 Å². The highest BCUT2D eigenvalue weighted by Crippen LogP contribution is 2.31. The van der Waals surface area contributed by atoms with Crippen LogP contribution in [0.2, 0.25) is 0 Å². The monoisotopic (exact) mass is 445 g/mol. The molecule has 2 aromatic carbocycles. The van der Waals surface area contributed by atoms with Gasteiger partial charge in [-0.25, -0.2) is 0 Å². The van der Waals surface area contributed by atoms with Gasteiger partial charge in [0.25, 0.3) is 0 Å². The number of nitrogens with one attached hydrogen (secondary N) is 1. The van der Waals surface area contributed by atoms with Crippen molar-refractivity contribution in [1.29, 1.82) is 0 Å². The minimum absolute atomic E-state index is 0.178. The molecule has 2 nitrogen and oxygen atoms in total. The Morgan fingerprint density at radius 1 is 1.20 bits per heavy atom. The number of ether oxygens (including phenoxy) is 1. The molecule has 2 rings (SSSR count). The maximum atomic E-state index is 5.26. The molecule has 0 radical (unpaired) electrons. The Morgan fingerprint density at radius 3 is 2.45 bits per heavy atom. The molecule has 1 unspecified atom stereocenters. The first-order chi connectivity index (χ1) is 9.65. The maximum Gasteiger partial charge on any atom is 0.120 e. The first kappa shape index (κ1) is 15.8. The van der Waals surface area contributed by atoms with Crippen LogP contribution < -0.4 is 10.1 Å². The second-order valence-corrected chi connectivity index (χ2v) is 6.53. The lowest BCUT2D eigenvalue weighted by Crippen LogP contribution is -2.22. The van der Waals surface area contributed by atoms with E-state index < -0.39 is 0 Å². The van der Waals surface area contributed by atoms with Crippen molar-refractivity contribution in [1.82, 2.24) is 5.32 Å². The number of hydrogen-bond donors (Lipinski definition) is 1. The largest absolute Gasteiger partial charge is 0.497 e. The SMILES string of the molecule is CCNC(c1ccc(I)cc1)c1ccc(OC)cc1Br. The number of hydrogen-bond acceptors (Lipinski definition) is 2. The van der Waals surface area contributed by atoms with Gasteiger partial charge in [-0.2, -0.15) is 0 Å². The molecule has 0 aliphatic carbocycles. The summed E-state index contributed by atoms with van der Waals surface area (Å²) in [4.78, 5) is 0. The fraction of sp³-hybridized carbons (Fsp3) is 0.250. The third kappa shape index (κ3) is 3.74. The Balaban J connectivity index is 2.40. The summed E-state index contributed by atoms with van der Waals surface area (Å²) in [5.41, 5.74) is 2.48. The fourth-order valence-electron chi connectivity index (χ4n) is 2.14. The highest BCUT2D eigenvalue weighted by atomic mass is 127. The van der Waals surface area contributed by atoms with Crippen LogP contribution in [0.15, 0.2) is 46.9 Å². The average Bonchev–Trinajstić information content (AvgIpc) is 2.46. The lowest BCUT2D eigenvalue weighted by molar-refractivity contribution is 0.414.